The van der Waals surface area contributed by atoms with E-state index in [2.05, 4.69) is 15.0 Å². The van der Waals surface area contributed by atoms with Crippen LogP contribution in [0.25, 0.3) is 90.9 Å². The standard InChI is InChI=1S/C39H22N4S2/c1-2-10-23(11-3-1)37-40-38(24-18-19-28-26-13-5-8-16-33(26)44-35(28)20-24)42-39(41-37)43-31-15-7-4-12-25(31)29-21-30-27-14-6-9-17-34(27)45-36(30)22-32(29)43/h1-22H/i1D,2D,3D,4D,5D,6D,7D,8D,9D,10D,11D,12D,13D,14D,15D,16D,17D,18D,19D,20D,21D,22D. The SMILES string of the molecule is [2H]c1c([2H])c([2H])c(-c2nc(-c3c([2H])c([2H])c4c(sc5c([2H])c([2H])c([2H])c([2H])c54)c3[2H])nc(-n3c4c([2H])c([2H])c([2H])c([2H])c4c4c([2H])c5c(sc6c([2H])c([2H])c([2H])c([2H])c65)c([2H])c43)n2)c([2H])c1[2H]. The van der Waals surface area contributed by atoms with Gasteiger partial charge in [0.15, 0.2) is 11.6 Å². The molecule has 0 saturated carbocycles. The molecule has 10 aromatic rings. The highest BCUT2D eigenvalue weighted by Crippen LogP contribution is 2.41. The second kappa shape index (κ2) is 9.53. The number of fused-ring (bicyclic) bond motifs is 9. The van der Waals surface area contributed by atoms with E-state index in [1.807, 2.05) is 0 Å². The minimum absolute atomic E-state index is 0.0129. The first-order chi connectivity index (χ1) is 31.5. The molecule has 0 atom stereocenters. The lowest BCUT2D eigenvalue weighted by Crippen LogP contribution is -2.06. The van der Waals surface area contributed by atoms with Crippen molar-refractivity contribution in [1.82, 2.24) is 19.5 Å². The maximum Gasteiger partial charge on any atom is 0.238 e. The zero-order valence-corrected chi connectivity index (χ0v) is 23.7. The summed E-state index contributed by atoms with van der Waals surface area (Å²) in [7, 11) is 0. The summed E-state index contributed by atoms with van der Waals surface area (Å²) in [5, 5.41) is -1.15. The van der Waals surface area contributed by atoms with Crippen molar-refractivity contribution < 1.29 is 30.2 Å². The molecular weight excluding hydrogens is 589 g/mol. The van der Waals surface area contributed by atoms with Crippen LogP contribution >= 0.6 is 22.7 Å². The van der Waals surface area contributed by atoms with E-state index >= 15 is 0 Å². The van der Waals surface area contributed by atoms with Crippen molar-refractivity contribution in [2.45, 2.75) is 0 Å². The lowest BCUT2D eigenvalue weighted by atomic mass is 10.1. The normalized spacial score (nSPS) is 18.8. The molecular formula is C39H22N4S2. The molecule has 0 saturated heterocycles. The Hall–Kier alpha value is -5.43. The average molecular weight is 633 g/mol. The summed E-state index contributed by atoms with van der Waals surface area (Å²) in [5.74, 6) is -2.04. The van der Waals surface area contributed by atoms with Crippen LogP contribution in [0, 0.1) is 0 Å². The van der Waals surface area contributed by atoms with Gasteiger partial charge >= 0.3 is 0 Å². The van der Waals surface area contributed by atoms with Crippen molar-refractivity contribution in [3.8, 4) is 28.7 Å². The molecule has 0 fully saturated rings. The fourth-order valence-electron chi connectivity index (χ4n) is 5.16. The van der Waals surface area contributed by atoms with Gasteiger partial charge in [0.05, 0.1) is 41.2 Å². The molecule has 0 N–H and O–H groups in total. The zero-order chi connectivity index (χ0) is 48.6. The smallest absolute Gasteiger partial charge is 0.238 e. The van der Waals surface area contributed by atoms with Gasteiger partial charge < -0.3 is 0 Å². The number of hydrogen-bond acceptors (Lipinski definition) is 5. The second-order valence-electron chi connectivity index (χ2n) is 9.59. The lowest BCUT2D eigenvalue weighted by molar-refractivity contribution is 0.954. The number of thiophene rings is 2. The van der Waals surface area contributed by atoms with Crippen LogP contribution in [-0.4, -0.2) is 19.5 Å². The first-order valence-electron chi connectivity index (χ1n) is 24.1. The lowest BCUT2D eigenvalue weighted by Gasteiger charge is -2.11. The van der Waals surface area contributed by atoms with Gasteiger partial charge in [-0.1, -0.05) is 96.7 Å². The summed E-state index contributed by atoms with van der Waals surface area (Å²) in [6, 6.07) is -14.3. The fourth-order valence-corrected chi connectivity index (χ4v) is 7.09. The van der Waals surface area contributed by atoms with Gasteiger partial charge in [0.25, 0.3) is 0 Å². The summed E-state index contributed by atoms with van der Waals surface area (Å²) >= 11 is 1.48. The van der Waals surface area contributed by atoms with Gasteiger partial charge in [-0.2, -0.15) is 9.97 Å². The summed E-state index contributed by atoms with van der Waals surface area (Å²) in [6.45, 7) is 0. The Morgan fingerprint density at radius 1 is 0.422 bits per heavy atom. The van der Waals surface area contributed by atoms with Gasteiger partial charge in [-0.25, -0.2) is 4.98 Å². The predicted octanol–water partition coefficient (Wildman–Crippen LogP) is 11.0. The van der Waals surface area contributed by atoms with E-state index in [1.54, 1.807) is 0 Å². The minimum atomic E-state index is -0.818. The van der Waals surface area contributed by atoms with Crippen molar-refractivity contribution in [3.05, 3.63) is 133 Å². The molecule has 6 aromatic carbocycles. The molecule has 4 aromatic heterocycles. The zero-order valence-electron chi connectivity index (χ0n) is 44.1. The Bertz CT molecular complexity index is 4000. The van der Waals surface area contributed by atoms with Gasteiger partial charge in [0.1, 0.15) is 0 Å². The maximum atomic E-state index is 9.70. The second-order valence-corrected chi connectivity index (χ2v) is 11.6. The van der Waals surface area contributed by atoms with E-state index in [-0.39, 0.29) is 56.6 Å². The van der Waals surface area contributed by atoms with E-state index in [4.69, 9.17) is 23.3 Å². The molecule has 0 radical (unpaired) electrons. The molecule has 4 heterocycles. The third-order valence-corrected chi connectivity index (χ3v) is 9.12. The van der Waals surface area contributed by atoms with Gasteiger partial charge in [-0.3, -0.25) is 4.57 Å². The Morgan fingerprint density at radius 3 is 1.80 bits per heavy atom. The number of rotatable bonds is 3. The molecule has 0 aliphatic carbocycles. The Morgan fingerprint density at radius 2 is 1.02 bits per heavy atom. The molecule has 10 rings (SSSR count). The van der Waals surface area contributed by atoms with Crippen molar-refractivity contribution in [2.24, 2.45) is 0 Å². The quantitative estimate of drug-likeness (QED) is 0.195. The molecule has 210 valence electrons. The van der Waals surface area contributed by atoms with E-state index < -0.39 is 167 Å². The summed E-state index contributed by atoms with van der Waals surface area (Å²) < 4.78 is 194. The van der Waals surface area contributed by atoms with Crippen LogP contribution in [-0.2, 0) is 0 Å². The van der Waals surface area contributed by atoms with Gasteiger partial charge in [0, 0.05) is 62.2 Å². The highest BCUT2D eigenvalue weighted by molar-refractivity contribution is 7.26. The van der Waals surface area contributed by atoms with E-state index in [0.717, 1.165) is 27.2 Å². The summed E-state index contributed by atoms with van der Waals surface area (Å²) in [5.41, 5.74) is -1.94. The van der Waals surface area contributed by atoms with Gasteiger partial charge in [-0.15, -0.1) is 22.7 Å². The largest absolute Gasteiger partial charge is 0.278 e. The maximum absolute atomic E-state index is 9.70. The molecule has 0 unspecified atom stereocenters. The number of aromatic nitrogens is 4. The third kappa shape index (κ3) is 3.80. The Balaban J connectivity index is 1.43. The van der Waals surface area contributed by atoms with Crippen LogP contribution in [0.5, 0.6) is 0 Å². The molecule has 45 heavy (non-hydrogen) atoms. The van der Waals surface area contributed by atoms with Crippen LogP contribution in [0.3, 0.4) is 0 Å². The summed E-state index contributed by atoms with van der Waals surface area (Å²) in [6.07, 6.45) is 0. The molecule has 0 aliphatic rings. The molecule has 0 aliphatic heterocycles. The number of hydrogen-bond donors (Lipinski definition) is 0. The number of nitrogens with zero attached hydrogens (tertiary/aromatic N) is 4. The molecule has 0 bridgehead atoms. The predicted molar refractivity (Wildman–Crippen MR) is 191 cm³/mol. The molecule has 0 spiro atoms. The highest BCUT2D eigenvalue weighted by atomic mass is 32.1. The van der Waals surface area contributed by atoms with Crippen molar-refractivity contribution in [2.75, 3.05) is 0 Å². The number of para-hydroxylation sites is 1. The van der Waals surface area contributed by atoms with Crippen molar-refractivity contribution in [3.63, 3.8) is 0 Å². The summed E-state index contributed by atoms with van der Waals surface area (Å²) in [4.78, 5) is 13.5. The van der Waals surface area contributed by atoms with Crippen molar-refractivity contribution >= 4 is 84.8 Å². The van der Waals surface area contributed by atoms with Crippen LogP contribution in [0.1, 0.15) is 30.2 Å². The average Bonchev–Trinajstić information content (AvgIpc) is 4.02. The fraction of sp³-hybridized carbons (Fsp3) is 0. The van der Waals surface area contributed by atoms with E-state index in [0.29, 0.717) is 0 Å². The number of benzene rings is 6. The molecule has 4 nitrogen and oxygen atoms in total. The topological polar surface area (TPSA) is 43.6 Å². The van der Waals surface area contributed by atoms with Crippen LogP contribution in [0.2, 0.25) is 0 Å². The van der Waals surface area contributed by atoms with E-state index in [1.165, 1.54) is 0 Å². The highest BCUT2D eigenvalue weighted by Gasteiger charge is 2.19. The minimum Gasteiger partial charge on any atom is -0.278 e. The third-order valence-electron chi connectivity index (χ3n) is 7.07. The first kappa shape index (κ1) is 11.8. The van der Waals surface area contributed by atoms with Crippen LogP contribution in [0.4, 0.5) is 0 Å². The van der Waals surface area contributed by atoms with Gasteiger partial charge in [-0.05, 0) is 36.3 Å². The van der Waals surface area contributed by atoms with Gasteiger partial charge in [0.2, 0.25) is 5.95 Å². The van der Waals surface area contributed by atoms with E-state index in [9.17, 15) is 6.85 Å². The van der Waals surface area contributed by atoms with Crippen LogP contribution in [0.15, 0.2) is 133 Å². The van der Waals surface area contributed by atoms with Crippen molar-refractivity contribution in [1.29, 1.82) is 0 Å². The van der Waals surface area contributed by atoms with Crippen LogP contribution < -0.4 is 0 Å². The Kier molecular flexibility index (Phi) is 2.50. The molecule has 0 amide bonds. The first-order valence-corrected chi connectivity index (χ1v) is 14.7. The monoisotopic (exact) mass is 632 g/mol. The Labute approximate surface area is 296 Å². The molecule has 6 heteroatoms.